The van der Waals surface area contributed by atoms with Crippen LogP contribution in [0.5, 0.6) is 0 Å². The Morgan fingerprint density at radius 3 is 2.07 bits per heavy atom. The Kier molecular flexibility index (Phi) is 5.77. The van der Waals surface area contributed by atoms with Crippen molar-refractivity contribution in [1.82, 2.24) is 0 Å². The summed E-state index contributed by atoms with van der Waals surface area (Å²) < 4.78 is 26.0. The number of sulfone groups is 1. The van der Waals surface area contributed by atoms with Crippen molar-refractivity contribution in [2.45, 2.75) is 17.6 Å². The number of hydrogen-bond acceptors (Lipinski definition) is 3. The first-order valence-electron chi connectivity index (χ1n) is 8.29. The van der Waals surface area contributed by atoms with Gasteiger partial charge in [0.25, 0.3) is 5.91 Å². The summed E-state index contributed by atoms with van der Waals surface area (Å²) in [7, 11) is -3.42. The lowest BCUT2D eigenvalue weighted by Gasteiger charge is -2.08. The first-order chi connectivity index (χ1) is 12.8. The molecule has 0 heterocycles. The molecule has 0 saturated carbocycles. The van der Waals surface area contributed by atoms with Crippen LogP contribution in [-0.2, 0) is 15.6 Å². The van der Waals surface area contributed by atoms with Crippen LogP contribution in [0.1, 0.15) is 21.5 Å². The molecule has 0 aliphatic heterocycles. The number of rotatable bonds is 5. The van der Waals surface area contributed by atoms with Gasteiger partial charge in [0.15, 0.2) is 9.84 Å². The van der Waals surface area contributed by atoms with E-state index in [0.29, 0.717) is 21.7 Å². The Balaban J connectivity index is 1.70. The van der Waals surface area contributed by atoms with Gasteiger partial charge in [0, 0.05) is 15.7 Å². The van der Waals surface area contributed by atoms with Gasteiger partial charge in [-0.1, -0.05) is 45.8 Å². The van der Waals surface area contributed by atoms with Gasteiger partial charge in [-0.2, -0.15) is 0 Å². The van der Waals surface area contributed by atoms with Crippen molar-refractivity contribution in [1.29, 1.82) is 0 Å². The minimum atomic E-state index is -3.42. The molecule has 1 amide bonds. The summed E-state index contributed by atoms with van der Waals surface area (Å²) in [6, 6.07) is 20.7. The van der Waals surface area contributed by atoms with Crippen molar-refractivity contribution >= 4 is 37.4 Å². The van der Waals surface area contributed by atoms with Gasteiger partial charge < -0.3 is 5.32 Å². The highest BCUT2D eigenvalue weighted by Gasteiger charge is 2.15. The van der Waals surface area contributed by atoms with E-state index in [0.717, 1.165) is 10.0 Å². The van der Waals surface area contributed by atoms with Crippen LogP contribution in [0.4, 0.5) is 5.69 Å². The van der Waals surface area contributed by atoms with Gasteiger partial charge in [0.1, 0.15) is 0 Å². The van der Waals surface area contributed by atoms with Crippen LogP contribution in [0, 0.1) is 6.92 Å². The maximum Gasteiger partial charge on any atom is 0.255 e. The van der Waals surface area contributed by atoms with E-state index < -0.39 is 9.84 Å². The zero-order chi connectivity index (χ0) is 19.4. The molecule has 0 radical (unpaired) electrons. The predicted molar refractivity (Wildman–Crippen MR) is 111 cm³/mol. The Labute approximate surface area is 167 Å². The highest BCUT2D eigenvalue weighted by atomic mass is 79.9. The minimum absolute atomic E-state index is 0.106. The first kappa shape index (κ1) is 19.3. The Bertz CT molecular complexity index is 1040. The number of benzene rings is 3. The predicted octanol–water partition coefficient (Wildman–Crippen LogP) is 4.98. The second kappa shape index (κ2) is 8.06. The molecule has 0 aromatic heterocycles. The van der Waals surface area contributed by atoms with E-state index in [4.69, 9.17) is 0 Å². The zero-order valence-corrected chi connectivity index (χ0v) is 17.0. The van der Waals surface area contributed by atoms with E-state index in [-0.39, 0.29) is 11.7 Å². The molecule has 3 aromatic rings. The van der Waals surface area contributed by atoms with Gasteiger partial charge in [-0.05, 0) is 61.0 Å². The van der Waals surface area contributed by atoms with E-state index in [2.05, 4.69) is 21.2 Å². The molecule has 0 bridgehead atoms. The lowest BCUT2D eigenvalue weighted by molar-refractivity contribution is 0.102. The van der Waals surface area contributed by atoms with E-state index in [9.17, 15) is 13.2 Å². The van der Waals surface area contributed by atoms with Crippen LogP contribution in [0.25, 0.3) is 0 Å². The van der Waals surface area contributed by atoms with Gasteiger partial charge in [-0.3, -0.25) is 4.79 Å². The summed E-state index contributed by atoms with van der Waals surface area (Å²) >= 11 is 3.35. The molecule has 4 nitrogen and oxygen atoms in total. The van der Waals surface area contributed by atoms with Crippen molar-refractivity contribution in [3.63, 3.8) is 0 Å². The minimum Gasteiger partial charge on any atom is -0.322 e. The topological polar surface area (TPSA) is 63.2 Å². The molecule has 6 heteroatoms. The van der Waals surface area contributed by atoms with Gasteiger partial charge in [-0.25, -0.2) is 8.42 Å². The molecule has 0 aliphatic rings. The molecule has 138 valence electrons. The normalized spacial score (nSPS) is 11.2. The number of nitrogens with one attached hydrogen (secondary N) is 1. The summed E-state index contributed by atoms with van der Waals surface area (Å²) in [6.07, 6.45) is 0. The number of halogens is 1. The second-order valence-corrected chi connectivity index (χ2v) is 9.14. The van der Waals surface area contributed by atoms with E-state index in [1.807, 2.05) is 19.1 Å². The number of amides is 1. The van der Waals surface area contributed by atoms with E-state index in [1.165, 1.54) is 0 Å². The standard InChI is InChI=1S/C21H18BrNO3S/c1-15-2-12-20(13-3-15)27(25,26)14-16-4-6-17(7-5-16)21(24)23-19-10-8-18(22)9-11-19/h2-13H,14H2,1H3,(H,23,24). The third-order valence-electron chi connectivity index (χ3n) is 4.06. The molecule has 0 atom stereocenters. The molecule has 0 fully saturated rings. The van der Waals surface area contributed by atoms with Crippen molar-refractivity contribution in [2.24, 2.45) is 0 Å². The van der Waals surface area contributed by atoms with Gasteiger partial charge in [0.05, 0.1) is 10.6 Å². The first-order valence-corrected chi connectivity index (χ1v) is 10.7. The average Bonchev–Trinajstić information content (AvgIpc) is 2.64. The van der Waals surface area contributed by atoms with Crippen LogP contribution in [-0.4, -0.2) is 14.3 Å². The van der Waals surface area contributed by atoms with Crippen LogP contribution in [0.2, 0.25) is 0 Å². The molecule has 0 aliphatic carbocycles. The van der Waals surface area contributed by atoms with Crippen molar-refractivity contribution in [3.8, 4) is 0 Å². The fourth-order valence-electron chi connectivity index (χ4n) is 2.54. The molecular weight excluding hydrogens is 426 g/mol. The molecule has 3 rings (SSSR count). The Morgan fingerprint density at radius 1 is 0.889 bits per heavy atom. The monoisotopic (exact) mass is 443 g/mol. The zero-order valence-electron chi connectivity index (χ0n) is 14.6. The molecule has 1 N–H and O–H groups in total. The van der Waals surface area contributed by atoms with Crippen LogP contribution >= 0.6 is 15.9 Å². The van der Waals surface area contributed by atoms with Crippen LogP contribution < -0.4 is 5.32 Å². The summed E-state index contributed by atoms with van der Waals surface area (Å²) in [4.78, 5) is 12.6. The van der Waals surface area contributed by atoms with E-state index >= 15 is 0 Å². The number of aryl methyl sites for hydroxylation is 1. The van der Waals surface area contributed by atoms with Crippen molar-refractivity contribution < 1.29 is 13.2 Å². The third-order valence-corrected chi connectivity index (χ3v) is 6.29. The van der Waals surface area contributed by atoms with Crippen LogP contribution in [0.15, 0.2) is 82.2 Å². The largest absolute Gasteiger partial charge is 0.322 e. The number of anilines is 1. The lowest BCUT2D eigenvalue weighted by atomic mass is 10.1. The Hall–Kier alpha value is -2.44. The molecule has 0 saturated heterocycles. The maximum atomic E-state index is 12.5. The summed E-state index contributed by atoms with van der Waals surface area (Å²) in [5.41, 5.74) is 2.80. The van der Waals surface area contributed by atoms with Gasteiger partial charge >= 0.3 is 0 Å². The maximum absolute atomic E-state index is 12.5. The quantitative estimate of drug-likeness (QED) is 0.604. The average molecular weight is 444 g/mol. The summed E-state index contributed by atoms with van der Waals surface area (Å²) in [6.45, 7) is 1.91. The summed E-state index contributed by atoms with van der Waals surface area (Å²) in [5, 5.41) is 2.81. The number of carbonyl (C=O) groups excluding carboxylic acids is 1. The smallest absolute Gasteiger partial charge is 0.255 e. The van der Waals surface area contributed by atoms with Gasteiger partial charge in [0.2, 0.25) is 0 Å². The fraction of sp³-hybridized carbons (Fsp3) is 0.0952. The van der Waals surface area contributed by atoms with Crippen molar-refractivity contribution in [3.05, 3.63) is 94.0 Å². The molecular formula is C21H18BrNO3S. The molecule has 0 spiro atoms. The molecule has 0 unspecified atom stereocenters. The third kappa shape index (κ3) is 5.05. The fourth-order valence-corrected chi connectivity index (χ4v) is 4.15. The number of carbonyl (C=O) groups is 1. The Morgan fingerprint density at radius 2 is 1.48 bits per heavy atom. The van der Waals surface area contributed by atoms with Crippen molar-refractivity contribution in [2.75, 3.05) is 5.32 Å². The highest BCUT2D eigenvalue weighted by molar-refractivity contribution is 9.10. The SMILES string of the molecule is Cc1ccc(S(=O)(=O)Cc2ccc(C(=O)Nc3ccc(Br)cc3)cc2)cc1. The van der Waals surface area contributed by atoms with Gasteiger partial charge in [-0.15, -0.1) is 0 Å². The second-order valence-electron chi connectivity index (χ2n) is 6.23. The molecule has 3 aromatic carbocycles. The molecule has 27 heavy (non-hydrogen) atoms. The highest BCUT2D eigenvalue weighted by Crippen LogP contribution is 2.19. The van der Waals surface area contributed by atoms with E-state index in [1.54, 1.807) is 60.7 Å². The number of hydrogen-bond donors (Lipinski definition) is 1. The lowest BCUT2D eigenvalue weighted by Crippen LogP contribution is -2.12. The summed E-state index contributed by atoms with van der Waals surface area (Å²) in [5.74, 6) is -0.352. The van der Waals surface area contributed by atoms with Crippen LogP contribution in [0.3, 0.4) is 0 Å².